The molecule has 2 unspecified atom stereocenters. The van der Waals surface area contributed by atoms with Crippen LogP contribution in [-0.2, 0) is 10.3 Å². The molecule has 2 aromatic rings. The fourth-order valence-corrected chi connectivity index (χ4v) is 4.24. The smallest absolute Gasteiger partial charge is 0.248 e. The second-order valence-corrected chi connectivity index (χ2v) is 8.32. The number of fused-ring (bicyclic) bond motifs is 1. The van der Waals surface area contributed by atoms with Gasteiger partial charge in [-0.2, -0.15) is 0 Å². The molecular weight excluding hydrogens is 378 g/mol. The number of hydrogen-bond acceptors (Lipinski definition) is 6. The van der Waals surface area contributed by atoms with Crippen LogP contribution in [0.1, 0.15) is 36.4 Å². The Morgan fingerprint density at radius 3 is 2.60 bits per heavy atom. The van der Waals surface area contributed by atoms with Crippen LogP contribution in [0.3, 0.4) is 0 Å². The first-order chi connectivity index (χ1) is 14.6. The molecule has 1 saturated carbocycles. The van der Waals surface area contributed by atoms with Gasteiger partial charge >= 0.3 is 0 Å². The Hall–Kier alpha value is -3.19. The van der Waals surface area contributed by atoms with E-state index in [4.69, 9.17) is 16.2 Å². The van der Waals surface area contributed by atoms with E-state index in [2.05, 4.69) is 10.7 Å². The molecule has 156 valence electrons. The maximum absolute atomic E-state index is 12.7. The molecule has 30 heavy (non-hydrogen) atoms. The quantitative estimate of drug-likeness (QED) is 0.549. The van der Waals surface area contributed by atoms with Gasteiger partial charge in [0.2, 0.25) is 5.91 Å². The second kappa shape index (κ2) is 7.25. The van der Waals surface area contributed by atoms with Crippen molar-refractivity contribution in [1.82, 2.24) is 15.8 Å². The number of rotatable bonds is 6. The highest BCUT2D eigenvalue weighted by Gasteiger charge is 2.47. The van der Waals surface area contributed by atoms with Gasteiger partial charge in [-0.3, -0.25) is 9.80 Å². The fraction of sp³-hybridized carbons (Fsp3) is 0.348. The van der Waals surface area contributed by atoms with Crippen molar-refractivity contribution >= 4 is 11.6 Å². The minimum Gasteiger partial charge on any atom is -0.493 e. The summed E-state index contributed by atoms with van der Waals surface area (Å²) >= 11 is 0. The molecule has 2 aliphatic heterocycles. The Balaban J connectivity index is 1.44. The van der Waals surface area contributed by atoms with Crippen molar-refractivity contribution in [1.29, 1.82) is 0 Å². The number of para-hydroxylation sites is 1. The average molecular weight is 406 g/mol. The van der Waals surface area contributed by atoms with E-state index in [9.17, 15) is 4.79 Å². The zero-order valence-corrected chi connectivity index (χ0v) is 16.8. The summed E-state index contributed by atoms with van der Waals surface area (Å²) in [5.41, 5.74) is 17.0. The van der Waals surface area contributed by atoms with Gasteiger partial charge in [0.1, 0.15) is 11.6 Å². The van der Waals surface area contributed by atoms with Crippen LogP contribution in [0.5, 0.6) is 5.75 Å². The van der Waals surface area contributed by atoms with Gasteiger partial charge in [0, 0.05) is 12.2 Å². The van der Waals surface area contributed by atoms with E-state index in [1.54, 1.807) is 0 Å². The molecule has 0 spiro atoms. The maximum atomic E-state index is 12.7. The normalized spacial score (nSPS) is 25.3. The van der Waals surface area contributed by atoms with Gasteiger partial charge in [0.25, 0.3) is 0 Å². The summed E-state index contributed by atoms with van der Waals surface area (Å²) in [6, 6.07) is 15.5. The number of carbonyl (C=O) groups is 1. The molecule has 2 atom stereocenters. The van der Waals surface area contributed by atoms with Crippen LogP contribution < -0.4 is 26.9 Å². The molecule has 1 saturated heterocycles. The summed E-state index contributed by atoms with van der Waals surface area (Å²) < 4.78 is 5.83. The molecule has 2 heterocycles. The standard InChI is InChI=1S/C23H27N5O2/c24-19-4-2-1-3-18(19)20-11-12-26-21-13-23(22(25)29,27-28(20)21)16-7-9-17(10-8-16)30-14-15-5-6-15/h1-4,7-10,13,15,20,26-27H,5-6,11-12,14,24H2,(H2,25,29). The number of anilines is 1. The predicted octanol–water partition coefficient (Wildman–Crippen LogP) is 2.13. The van der Waals surface area contributed by atoms with Crippen LogP contribution >= 0.6 is 0 Å². The molecule has 5 rings (SSSR count). The van der Waals surface area contributed by atoms with Gasteiger partial charge in [-0.05, 0) is 60.6 Å². The molecular formula is C23H27N5O2. The second-order valence-electron chi connectivity index (χ2n) is 8.32. The topological polar surface area (TPSA) is 106 Å². The number of benzene rings is 2. The number of nitrogens with one attached hydrogen (secondary N) is 2. The Labute approximate surface area is 176 Å². The highest BCUT2D eigenvalue weighted by molar-refractivity contribution is 5.89. The summed E-state index contributed by atoms with van der Waals surface area (Å²) in [4.78, 5) is 12.7. The Kier molecular flexibility index (Phi) is 4.55. The lowest BCUT2D eigenvalue weighted by molar-refractivity contribution is -0.124. The maximum Gasteiger partial charge on any atom is 0.248 e. The Morgan fingerprint density at radius 2 is 1.90 bits per heavy atom. The molecule has 1 amide bonds. The van der Waals surface area contributed by atoms with Crippen molar-refractivity contribution < 1.29 is 9.53 Å². The van der Waals surface area contributed by atoms with Crippen LogP contribution in [0, 0.1) is 5.92 Å². The van der Waals surface area contributed by atoms with Gasteiger partial charge in [0.15, 0.2) is 5.54 Å². The third-order valence-electron chi connectivity index (χ3n) is 6.18. The van der Waals surface area contributed by atoms with Gasteiger partial charge in [-0.15, -0.1) is 0 Å². The molecule has 1 aliphatic carbocycles. The SMILES string of the molecule is NC(=O)C1(c2ccc(OCC3CC3)cc2)C=C2NCCC(c3ccccc3N)N2N1. The number of carbonyl (C=O) groups excluding carboxylic acids is 1. The van der Waals surface area contributed by atoms with Crippen LogP contribution in [0.25, 0.3) is 0 Å². The largest absolute Gasteiger partial charge is 0.493 e. The first-order valence-electron chi connectivity index (χ1n) is 10.5. The van der Waals surface area contributed by atoms with Gasteiger partial charge in [-0.25, -0.2) is 5.43 Å². The molecule has 2 aromatic carbocycles. The molecule has 0 bridgehead atoms. The first-order valence-corrected chi connectivity index (χ1v) is 10.5. The minimum absolute atomic E-state index is 0.000994. The van der Waals surface area contributed by atoms with Crippen molar-refractivity contribution in [2.45, 2.75) is 30.8 Å². The van der Waals surface area contributed by atoms with Crippen LogP contribution in [-0.4, -0.2) is 24.1 Å². The van der Waals surface area contributed by atoms with E-state index in [1.807, 2.05) is 59.6 Å². The van der Waals surface area contributed by atoms with Gasteiger partial charge < -0.3 is 21.5 Å². The van der Waals surface area contributed by atoms with Crippen LogP contribution in [0.2, 0.25) is 0 Å². The van der Waals surface area contributed by atoms with Gasteiger partial charge in [-0.1, -0.05) is 30.3 Å². The Bertz CT molecular complexity index is 985. The van der Waals surface area contributed by atoms with E-state index in [0.29, 0.717) is 5.92 Å². The Morgan fingerprint density at radius 1 is 1.13 bits per heavy atom. The third-order valence-corrected chi connectivity index (χ3v) is 6.18. The summed E-state index contributed by atoms with van der Waals surface area (Å²) in [6.45, 7) is 1.53. The van der Waals surface area contributed by atoms with Crippen LogP contribution in [0.4, 0.5) is 5.69 Å². The lowest BCUT2D eigenvalue weighted by Gasteiger charge is -2.39. The van der Waals surface area contributed by atoms with Crippen molar-refractivity contribution in [3.05, 3.63) is 71.6 Å². The summed E-state index contributed by atoms with van der Waals surface area (Å²) in [7, 11) is 0. The lowest BCUT2D eigenvalue weighted by atomic mass is 9.90. The molecule has 7 nitrogen and oxygen atoms in total. The van der Waals surface area contributed by atoms with E-state index >= 15 is 0 Å². The number of nitrogen functional groups attached to an aromatic ring is 1. The molecule has 6 N–H and O–H groups in total. The van der Waals surface area contributed by atoms with Crippen molar-refractivity contribution in [2.75, 3.05) is 18.9 Å². The molecule has 7 heteroatoms. The van der Waals surface area contributed by atoms with Crippen molar-refractivity contribution in [3.8, 4) is 5.75 Å². The van der Waals surface area contributed by atoms with E-state index in [-0.39, 0.29) is 6.04 Å². The molecule has 0 aromatic heterocycles. The van der Waals surface area contributed by atoms with Crippen LogP contribution in [0.15, 0.2) is 60.4 Å². The zero-order valence-electron chi connectivity index (χ0n) is 16.8. The average Bonchev–Trinajstić information content (AvgIpc) is 3.50. The first kappa shape index (κ1) is 18.8. The summed E-state index contributed by atoms with van der Waals surface area (Å²) in [5.74, 6) is 1.87. The van der Waals surface area contributed by atoms with E-state index in [0.717, 1.165) is 48.0 Å². The number of nitrogens with two attached hydrogens (primary N) is 2. The highest BCUT2D eigenvalue weighted by atomic mass is 16.5. The number of ether oxygens (including phenoxy) is 1. The number of nitrogens with zero attached hydrogens (tertiary/aromatic N) is 1. The zero-order chi connectivity index (χ0) is 20.7. The van der Waals surface area contributed by atoms with E-state index < -0.39 is 11.4 Å². The molecule has 0 radical (unpaired) electrons. The number of hydrogen-bond donors (Lipinski definition) is 4. The third kappa shape index (κ3) is 3.25. The molecule has 2 fully saturated rings. The number of amides is 1. The van der Waals surface area contributed by atoms with Gasteiger partial charge in [0.05, 0.1) is 12.6 Å². The van der Waals surface area contributed by atoms with Crippen molar-refractivity contribution in [2.24, 2.45) is 11.7 Å². The predicted molar refractivity (Wildman–Crippen MR) is 115 cm³/mol. The molecule has 3 aliphatic rings. The number of primary amides is 1. The highest BCUT2D eigenvalue weighted by Crippen LogP contribution is 2.40. The van der Waals surface area contributed by atoms with Crippen molar-refractivity contribution in [3.63, 3.8) is 0 Å². The lowest BCUT2D eigenvalue weighted by Crippen LogP contribution is -2.55. The van der Waals surface area contributed by atoms with E-state index in [1.165, 1.54) is 12.8 Å². The fourth-order valence-electron chi connectivity index (χ4n) is 4.24. The minimum atomic E-state index is -1.14. The monoisotopic (exact) mass is 405 g/mol. The summed E-state index contributed by atoms with van der Waals surface area (Å²) in [6.07, 6.45) is 5.22. The summed E-state index contributed by atoms with van der Waals surface area (Å²) in [5, 5.41) is 5.37. The number of hydrazine groups is 1.